The molecule has 0 bridgehead atoms. The largest absolute Gasteiger partial charge is 0.497 e. The first kappa shape index (κ1) is 47.2. The second-order valence-electron chi connectivity index (χ2n) is 17.2. The normalized spacial score (nSPS) is 16.7. The molecule has 4 aromatic carbocycles. The lowest BCUT2D eigenvalue weighted by atomic mass is 9.81. The predicted octanol–water partition coefficient (Wildman–Crippen LogP) is 7.16. The first-order valence-electron chi connectivity index (χ1n) is 23.0. The Morgan fingerprint density at radius 1 is 0.721 bits per heavy atom. The molecule has 8 rings (SSSR count). The molecule has 2 heterocycles. The second-order valence-corrected chi connectivity index (χ2v) is 17.7. The van der Waals surface area contributed by atoms with Crippen LogP contribution in [-0.4, -0.2) is 84.1 Å². The summed E-state index contributed by atoms with van der Waals surface area (Å²) in [5.74, 6) is 0.897. The summed E-state index contributed by atoms with van der Waals surface area (Å²) in [6, 6.07) is 27.1. The first-order chi connectivity index (χ1) is 32.9. The first-order valence-corrected chi connectivity index (χ1v) is 23.3. The van der Waals surface area contributed by atoms with Gasteiger partial charge in [0.1, 0.15) is 17.6 Å². The molecule has 5 amide bonds. The fourth-order valence-electron chi connectivity index (χ4n) is 9.07. The zero-order valence-electron chi connectivity index (χ0n) is 38.9. The van der Waals surface area contributed by atoms with Gasteiger partial charge >= 0.3 is 6.03 Å². The van der Waals surface area contributed by atoms with Gasteiger partial charge in [-0.05, 0) is 85.4 Å². The molecule has 1 aromatic heterocycles. The van der Waals surface area contributed by atoms with Crippen LogP contribution in [0, 0.1) is 19.8 Å². The third-order valence-electron chi connectivity index (χ3n) is 12.6. The number of rotatable bonds is 16. The fraction of sp³-hybridized carbons (Fsp3) is 0.302. The zero-order valence-corrected chi connectivity index (χ0v) is 39.7. The molecule has 0 fully saturated rings. The molecule has 0 saturated carbocycles. The number of nitrogens with zero attached hydrogens (tertiary/aromatic N) is 4. The number of allylic oxidation sites excluding steroid dienone is 5. The summed E-state index contributed by atoms with van der Waals surface area (Å²) in [6.07, 6.45) is 7.74. The van der Waals surface area contributed by atoms with Crippen LogP contribution in [0.1, 0.15) is 89.2 Å². The predicted molar refractivity (Wildman–Crippen MR) is 264 cm³/mol. The molecule has 0 radical (unpaired) electrons. The molecule has 0 spiro atoms. The van der Waals surface area contributed by atoms with Crippen LogP contribution in [0.2, 0.25) is 5.02 Å². The third-order valence-corrected chi connectivity index (χ3v) is 12.8. The number of fused-ring (bicyclic) bond motifs is 6. The van der Waals surface area contributed by atoms with Crippen LogP contribution < -0.4 is 31.3 Å². The van der Waals surface area contributed by atoms with Crippen LogP contribution in [0.15, 0.2) is 119 Å². The minimum absolute atomic E-state index is 0.0343. The van der Waals surface area contributed by atoms with E-state index in [9.17, 15) is 19.2 Å². The Hall–Kier alpha value is -7.32. The number of carbonyl (C=O) groups is 4. The van der Waals surface area contributed by atoms with Crippen molar-refractivity contribution in [1.82, 2.24) is 41.3 Å². The van der Waals surface area contributed by atoms with Crippen molar-refractivity contribution in [2.45, 2.75) is 58.9 Å². The molecule has 3 unspecified atom stereocenters. The van der Waals surface area contributed by atoms with Crippen molar-refractivity contribution < 1.29 is 23.9 Å². The minimum atomic E-state index is -0.686. The van der Waals surface area contributed by atoms with Crippen molar-refractivity contribution in [2.75, 3.05) is 39.8 Å². The van der Waals surface area contributed by atoms with Crippen molar-refractivity contribution in [1.29, 1.82) is 0 Å². The van der Waals surface area contributed by atoms with Crippen molar-refractivity contribution in [2.24, 2.45) is 10.9 Å². The molecular weight excluding hydrogens is 878 g/mol. The highest BCUT2D eigenvalue weighted by molar-refractivity contribution is 6.30. The Morgan fingerprint density at radius 3 is 2.13 bits per heavy atom. The molecule has 5 aromatic rings. The van der Waals surface area contributed by atoms with Crippen molar-refractivity contribution in [3.63, 3.8) is 0 Å². The molecule has 2 aliphatic carbocycles. The number of aliphatic imine (C=N–C) groups is 1. The third kappa shape index (κ3) is 10.6. The minimum Gasteiger partial charge on any atom is -0.497 e. The highest BCUT2D eigenvalue weighted by Crippen LogP contribution is 2.48. The van der Waals surface area contributed by atoms with Crippen LogP contribution in [0.25, 0.3) is 11.3 Å². The van der Waals surface area contributed by atoms with E-state index < -0.39 is 18.0 Å². The SMILES string of the molecule is CCc1ccc2c(c1)C(c1ccc(C)cc1)=CC(CC(=O)NCCNC(=O)NCC(=O)NCCNC(=O)CC1N=C(c3ccc(Cl)cc3)c3cc(OC)ccc3-n3c(C)nnc31)C1=CC=C(C)C12. The van der Waals surface area contributed by atoms with Crippen molar-refractivity contribution >= 4 is 46.6 Å². The van der Waals surface area contributed by atoms with Gasteiger partial charge in [-0.3, -0.25) is 23.9 Å². The second kappa shape index (κ2) is 21.1. The van der Waals surface area contributed by atoms with E-state index in [-0.39, 0.29) is 69.2 Å². The van der Waals surface area contributed by atoms with Crippen LogP contribution in [0.4, 0.5) is 4.79 Å². The van der Waals surface area contributed by atoms with Gasteiger partial charge < -0.3 is 31.3 Å². The number of halogens is 1. The number of benzene rings is 4. The Morgan fingerprint density at radius 2 is 1.41 bits per heavy atom. The van der Waals surface area contributed by atoms with Gasteiger partial charge in [0.2, 0.25) is 17.7 Å². The highest BCUT2D eigenvalue weighted by Gasteiger charge is 2.34. The maximum Gasteiger partial charge on any atom is 0.315 e. The summed E-state index contributed by atoms with van der Waals surface area (Å²) in [5, 5.41) is 23.1. The molecule has 3 atom stereocenters. The maximum atomic E-state index is 13.5. The van der Waals surface area contributed by atoms with E-state index in [2.05, 4.69) is 118 Å². The number of amides is 5. The van der Waals surface area contributed by atoms with Crippen molar-refractivity contribution in [3.8, 4) is 11.4 Å². The van der Waals surface area contributed by atoms with E-state index in [4.69, 9.17) is 21.3 Å². The maximum absolute atomic E-state index is 13.5. The summed E-state index contributed by atoms with van der Waals surface area (Å²) in [7, 11) is 1.60. The van der Waals surface area contributed by atoms with Gasteiger partial charge in [-0.1, -0.05) is 108 Å². The van der Waals surface area contributed by atoms with Gasteiger partial charge in [0.15, 0.2) is 5.82 Å². The summed E-state index contributed by atoms with van der Waals surface area (Å²) < 4.78 is 7.45. The van der Waals surface area contributed by atoms with Crippen LogP contribution in [0.5, 0.6) is 5.75 Å². The molecule has 350 valence electrons. The number of carbonyl (C=O) groups excluding carboxylic acids is 4. The number of ether oxygens (including phenoxy) is 1. The lowest BCUT2D eigenvalue weighted by Gasteiger charge is -2.23. The topological polar surface area (TPSA) is 181 Å². The van der Waals surface area contributed by atoms with Crippen LogP contribution in [0.3, 0.4) is 0 Å². The summed E-state index contributed by atoms with van der Waals surface area (Å²) in [4.78, 5) is 57.1. The van der Waals surface area contributed by atoms with E-state index in [1.54, 1.807) is 19.2 Å². The smallest absolute Gasteiger partial charge is 0.315 e. The molecule has 15 heteroatoms. The van der Waals surface area contributed by atoms with E-state index in [1.165, 1.54) is 33.4 Å². The van der Waals surface area contributed by atoms with E-state index in [0.717, 1.165) is 34.4 Å². The molecule has 5 N–H and O–H groups in total. The van der Waals surface area contributed by atoms with Gasteiger partial charge in [-0.25, -0.2) is 4.79 Å². The average Bonchev–Trinajstić information content (AvgIpc) is 3.84. The molecular formula is C53H56ClN9O5. The van der Waals surface area contributed by atoms with Crippen LogP contribution >= 0.6 is 11.6 Å². The van der Waals surface area contributed by atoms with Gasteiger partial charge in [0, 0.05) is 60.6 Å². The molecule has 1 aliphatic heterocycles. The average molecular weight is 935 g/mol. The summed E-state index contributed by atoms with van der Waals surface area (Å²) in [5.41, 5.74) is 12.6. The Bertz CT molecular complexity index is 2860. The van der Waals surface area contributed by atoms with Crippen molar-refractivity contribution in [3.05, 3.63) is 170 Å². The number of aryl methyl sites for hydroxylation is 3. The monoisotopic (exact) mass is 933 g/mol. The number of nitrogens with one attached hydrogen (secondary N) is 5. The summed E-state index contributed by atoms with van der Waals surface area (Å²) >= 11 is 6.22. The van der Waals surface area contributed by atoms with Gasteiger partial charge in [0.05, 0.1) is 31.5 Å². The fourth-order valence-corrected chi connectivity index (χ4v) is 9.19. The number of urea groups is 1. The van der Waals surface area contributed by atoms with E-state index in [1.807, 2.05) is 41.8 Å². The number of methoxy groups -OCH3 is 1. The Balaban J connectivity index is 0.791. The molecule has 0 saturated heterocycles. The lowest BCUT2D eigenvalue weighted by Crippen LogP contribution is -2.45. The van der Waals surface area contributed by atoms with Gasteiger partial charge in [0.25, 0.3) is 0 Å². The number of hydrogen-bond acceptors (Lipinski definition) is 8. The van der Waals surface area contributed by atoms with Gasteiger partial charge in [-0.2, -0.15) is 0 Å². The molecule has 14 nitrogen and oxygen atoms in total. The Kier molecular flexibility index (Phi) is 14.6. The number of aromatic nitrogens is 3. The highest BCUT2D eigenvalue weighted by atomic mass is 35.5. The Labute approximate surface area is 401 Å². The van der Waals surface area contributed by atoms with Gasteiger partial charge in [-0.15, -0.1) is 10.2 Å². The molecule has 3 aliphatic rings. The van der Waals surface area contributed by atoms with E-state index in [0.29, 0.717) is 28.1 Å². The number of hydrogen-bond donors (Lipinski definition) is 5. The zero-order chi connectivity index (χ0) is 47.9. The quantitative estimate of drug-likeness (QED) is 0.0652. The van der Waals surface area contributed by atoms with E-state index >= 15 is 0 Å². The summed E-state index contributed by atoms with van der Waals surface area (Å²) in [6.45, 7) is 8.62. The van der Waals surface area contributed by atoms with Crippen LogP contribution in [-0.2, 0) is 20.8 Å². The lowest BCUT2D eigenvalue weighted by molar-refractivity contribution is -0.122. The standard InChI is InChI=1S/C53H56ClN9O5/c1-6-34-10-19-41-43(25-34)42(35-11-7-31(2)8-12-35)26-37(40-18-9-32(3)50(40)41)27-47(64)55-23-24-58-53(67)59-30-49(66)57-22-21-56-48(65)29-45-52-62-61-33(4)63(52)46-20-17-39(68-5)28-44(46)51(60-45)36-13-15-38(54)16-14-36/h7-20,25-26,28,37,45,50H,6,21-24,27,29-30H2,1-5H3,(H,55,64)(H,56,65)(H,57,66)(H2,58,59,67). The molecule has 68 heavy (non-hydrogen) atoms.